The van der Waals surface area contributed by atoms with Crippen molar-refractivity contribution in [2.45, 2.75) is 0 Å². The molecule has 0 unspecified atom stereocenters. The number of carbonyl (C=O) groups is 1. The molecule has 3 aromatic rings. The Bertz CT molecular complexity index is 1290. The predicted octanol–water partition coefficient (Wildman–Crippen LogP) is -0.693. The molecule has 2 saturated heterocycles. The number of amides is 1. The van der Waals surface area contributed by atoms with Gasteiger partial charge < -0.3 is 19.5 Å². The minimum atomic E-state index is -3.28. The number of H-pyrrole nitrogens is 1. The first kappa shape index (κ1) is 21.7. The van der Waals surface area contributed by atoms with Gasteiger partial charge in [-0.05, 0) is 0 Å². The maximum absolute atomic E-state index is 13.1. The fourth-order valence-corrected chi connectivity index (χ4v) is 4.85. The zero-order valence-corrected chi connectivity index (χ0v) is 19.2. The molecule has 5 heterocycles. The van der Waals surface area contributed by atoms with Crippen LogP contribution in [0.15, 0.2) is 12.4 Å². The summed E-state index contributed by atoms with van der Waals surface area (Å²) in [4.78, 5) is 33.8. The van der Waals surface area contributed by atoms with Crippen LogP contribution in [0.5, 0.6) is 0 Å². The molecule has 0 radical (unpaired) electrons. The van der Waals surface area contributed by atoms with Crippen LogP contribution in [-0.2, 0) is 21.8 Å². The molecule has 5 rings (SSSR count). The van der Waals surface area contributed by atoms with Crippen molar-refractivity contribution >= 4 is 32.9 Å². The average molecular weight is 476 g/mol. The van der Waals surface area contributed by atoms with E-state index in [4.69, 9.17) is 9.72 Å². The summed E-state index contributed by atoms with van der Waals surface area (Å²) in [5.41, 5.74) is 1.74. The number of nitrogens with one attached hydrogen (secondary N) is 1. The van der Waals surface area contributed by atoms with E-state index in [-0.39, 0.29) is 24.8 Å². The van der Waals surface area contributed by atoms with Crippen LogP contribution in [0.3, 0.4) is 0 Å². The van der Waals surface area contributed by atoms with E-state index >= 15 is 0 Å². The summed E-state index contributed by atoms with van der Waals surface area (Å²) in [5.74, 6) is 0.989. The number of ether oxygens (including phenoxy) is 1. The number of fused-ring (bicyclic) bond motifs is 1. The molecule has 0 saturated carbocycles. The molecule has 0 bridgehead atoms. The summed E-state index contributed by atoms with van der Waals surface area (Å²) < 4.78 is 32.0. The Morgan fingerprint density at radius 1 is 1.06 bits per heavy atom. The largest absolute Gasteiger partial charge is 0.378 e. The van der Waals surface area contributed by atoms with Gasteiger partial charge in [0.1, 0.15) is 0 Å². The fraction of sp³-hybridized carbons (Fsp3) is 0.526. The number of aryl methyl sites for hydroxylation is 1. The zero-order valence-electron chi connectivity index (χ0n) is 18.4. The third kappa shape index (κ3) is 4.28. The first-order valence-corrected chi connectivity index (χ1v) is 12.5. The van der Waals surface area contributed by atoms with Gasteiger partial charge in [-0.2, -0.15) is 9.40 Å². The monoisotopic (exact) mass is 475 g/mol. The van der Waals surface area contributed by atoms with E-state index in [1.807, 2.05) is 13.2 Å². The SMILES string of the molecule is Cn1cc(-c2nc(N3CCOCC3)c3nc(C(=O)N4CCN(S(C)(=O)=O)CC4)[nH]c3n2)cn1. The highest BCUT2D eigenvalue weighted by atomic mass is 32.2. The fourth-order valence-electron chi connectivity index (χ4n) is 4.02. The van der Waals surface area contributed by atoms with Crippen molar-refractivity contribution in [3.63, 3.8) is 0 Å². The standard InChI is InChI=1S/C19H25N9O4S/c1-25-12-13(11-20-25)15-22-16-14(18(24-15)26-7-9-32-10-8-26)21-17(23-16)19(29)27-3-5-28(6-4-27)33(2,30)31/h11-12H,3-10H2,1-2H3,(H,21,22,23,24). The molecule has 1 N–H and O–H groups in total. The topological polar surface area (TPSA) is 142 Å². The number of hydrogen-bond acceptors (Lipinski definition) is 9. The van der Waals surface area contributed by atoms with Crippen LogP contribution in [0.2, 0.25) is 0 Å². The molecule has 0 spiro atoms. The quantitative estimate of drug-likeness (QED) is 0.518. The van der Waals surface area contributed by atoms with E-state index in [1.165, 1.54) is 10.6 Å². The van der Waals surface area contributed by atoms with Crippen LogP contribution in [0, 0.1) is 0 Å². The average Bonchev–Trinajstić information content (AvgIpc) is 3.44. The zero-order chi connectivity index (χ0) is 23.2. The minimum absolute atomic E-state index is 0.157. The number of rotatable bonds is 4. The van der Waals surface area contributed by atoms with Gasteiger partial charge in [0.05, 0.1) is 31.2 Å². The molecule has 1 amide bonds. The third-order valence-corrected chi connectivity index (χ3v) is 7.10. The number of sulfonamides is 1. The molecular weight excluding hydrogens is 450 g/mol. The summed E-state index contributed by atoms with van der Waals surface area (Å²) in [7, 11) is -1.46. The summed E-state index contributed by atoms with van der Waals surface area (Å²) in [6, 6.07) is 0. The van der Waals surface area contributed by atoms with Crippen molar-refractivity contribution in [1.82, 2.24) is 38.9 Å². The Balaban J connectivity index is 1.49. The van der Waals surface area contributed by atoms with Gasteiger partial charge in [-0.15, -0.1) is 0 Å². The molecular formula is C19H25N9O4S. The lowest BCUT2D eigenvalue weighted by Gasteiger charge is -2.32. The summed E-state index contributed by atoms with van der Waals surface area (Å²) in [6.07, 6.45) is 4.69. The second-order valence-corrected chi connectivity index (χ2v) is 10.1. The smallest absolute Gasteiger partial charge is 0.289 e. The van der Waals surface area contributed by atoms with Crippen LogP contribution in [-0.4, -0.2) is 112 Å². The highest BCUT2D eigenvalue weighted by Gasteiger charge is 2.29. The molecule has 2 aliphatic rings. The predicted molar refractivity (Wildman–Crippen MR) is 119 cm³/mol. The van der Waals surface area contributed by atoms with Gasteiger partial charge in [-0.3, -0.25) is 9.48 Å². The number of imidazole rings is 1. The van der Waals surface area contributed by atoms with Crippen molar-refractivity contribution in [3.05, 3.63) is 18.2 Å². The molecule has 176 valence electrons. The van der Waals surface area contributed by atoms with Crippen molar-refractivity contribution in [1.29, 1.82) is 0 Å². The van der Waals surface area contributed by atoms with Crippen LogP contribution >= 0.6 is 0 Å². The van der Waals surface area contributed by atoms with Crippen LogP contribution in [0.4, 0.5) is 5.82 Å². The second-order valence-electron chi connectivity index (χ2n) is 8.11. The van der Waals surface area contributed by atoms with Gasteiger partial charge in [0.15, 0.2) is 28.6 Å². The van der Waals surface area contributed by atoms with E-state index in [9.17, 15) is 13.2 Å². The summed E-state index contributed by atoms with van der Waals surface area (Å²) in [6.45, 7) is 3.58. The van der Waals surface area contributed by atoms with E-state index < -0.39 is 10.0 Å². The van der Waals surface area contributed by atoms with Crippen molar-refractivity contribution in [3.8, 4) is 11.4 Å². The lowest BCUT2D eigenvalue weighted by molar-refractivity contribution is 0.0687. The van der Waals surface area contributed by atoms with Crippen LogP contribution < -0.4 is 4.90 Å². The maximum atomic E-state index is 13.1. The van der Waals surface area contributed by atoms with Gasteiger partial charge in [0.25, 0.3) is 5.91 Å². The molecule has 2 fully saturated rings. The molecule has 0 aliphatic carbocycles. The number of carbonyl (C=O) groups excluding carboxylic acids is 1. The lowest BCUT2D eigenvalue weighted by Crippen LogP contribution is -2.50. The van der Waals surface area contributed by atoms with Crippen LogP contribution in [0.25, 0.3) is 22.6 Å². The number of hydrogen-bond donors (Lipinski definition) is 1. The van der Waals surface area contributed by atoms with Gasteiger partial charge in [0, 0.05) is 52.5 Å². The number of morpholine rings is 1. The number of piperazine rings is 1. The van der Waals surface area contributed by atoms with Gasteiger partial charge in [0.2, 0.25) is 10.0 Å². The molecule has 3 aromatic heterocycles. The third-order valence-electron chi connectivity index (χ3n) is 5.80. The molecule has 0 aromatic carbocycles. The molecule has 13 nitrogen and oxygen atoms in total. The van der Waals surface area contributed by atoms with E-state index in [0.717, 1.165) is 5.56 Å². The molecule has 0 atom stereocenters. The Morgan fingerprint density at radius 3 is 2.42 bits per heavy atom. The van der Waals surface area contributed by atoms with Crippen LogP contribution in [0.1, 0.15) is 10.6 Å². The van der Waals surface area contributed by atoms with Crippen molar-refractivity contribution in [2.24, 2.45) is 7.05 Å². The van der Waals surface area contributed by atoms with Gasteiger partial charge >= 0.3 is 0 Å². The van der Waals surface area contributed by atoms with Gasteiger partial charge in [-0.25, -0.2) is 23.4 Å². The van der Waals surface area contributed by atoms with E-state index in [1.54, 1.807) is 15.8 Å². The van der Waals surface area contributed by atoms with E-state index in [0.29, 0.717) is 62.2 Å². The second kappa shape index (κ2) is 8.35. The Morgan fingerprint density at radius 2 is 1.79 bits per heavy atom. The lowest BCUT2D eigenvalue weighted by atomic mass is 10.3. The summed E-state index contributed by atoms with van der Waals surface area (Å²) in [5, 5.41) is 4.20. The van der Waals surface area contributed by atoms with Crippen molar-refractivity contribution < 1.29 is 17.9 Å². The molecule has 33 heavy (non-hydrogen) atoms. The Labute approximate surface area is 190 Å². The number of nitrogens with zero attached hydrogens (tertiary/aromatic N) is 8. The van der Waals surface area contributed by atoms with Crippen molar-refractivity contribution in [2.75, 3.05) is 63.6 Å². The first-order valence-electron chi connectivity index (χ1n) is 10.6. The Hall–Kier alpha value is -3.10. The minimum Gasteiger partial charge on any atom is -0.378 e. The first-order chi connectivity index (χ1) is 15.8. The maximum Gasteiger partial charge on any atom is 0.289 e. The highest BCUT2D eigenvalue weighted by Crippen LogP contribution is 2.27. The summed E-state index contributed by atoms with van der Waals surface area (Å²) >= 11 is 0. The molecule has 2 aliphatic heterocycles. The number of anilines is 1. The number of aromatic nitrogens is 6. The normalized spacial score (nSPS) is 18.2. The molecule has 14 heteroatoms. The number of aromatic amines is 1. The van der Waals surface area contributed by atoms with E-state index in [2.05, 4.69) is 25.0 Å². The Kier molecular flexibility index (Phi) is 5.50. The highest BCUT2D eigenvalue weighted by molar-refractivity contribution is 7.88. The van der Waals surface area contributed by atoms with Gasteiger partial charge in [-0.1, -0.05) is 0 Å².